The van der Waals surface area contributed by atoms with Gasteiger partial charge in [-0.3, -0.25) is 0 Å². The molecule has 0 aromatic heterocycles. The molecule has 1 aliphatic rings. The summed E-state index contributed by atoms with van der Waals surface area (Å²) >= 11 is 0. The SMILES string of the molecule is CCC(CC)CC1NC1C. The van der Waals surface area contributed by atoms with Gasteiger partial charge < -0.3 is 5.32 Å². The Hall–Kier alpha value is -0.0400. The lowest BCUT2D eigenvalue weighted by Gasteiger charge is -2.09. The van der Waals surface area contributed by atoms with Gasteiger partial charge in [-0.1, -0.05) is 26.7 Å². The largest absolute Gasteiger partial charge is 0.308 e. The third-order valence-electron chi connectivity index (χ3n) is 2.71. The van der Waals surface area contributed by atoms with Crippen LogP contribution in [0.1, 0.15) is 40.0 Å². The molecule has 0 amide bonds. The zero-order valence-corrected chi connectivity index (χ0v) is 7.35. The minimum Gasteiger partial charge on any atom is -0.308 e. The van der Waals surface area contributed by atoms with Gasteiger partial charge in [-0.05, 0) is 19.3 Å². The van der Waals surface area contributed by atoms with E-state index in [4.69, 9.17) is 0 Å². The van der Waals surface area contributed by atoms with Crippen molar-refractivity contribution < 1.29 is 0 Å². The molecule has 60 valence electrons. The van der Waals surface area contributed by atoms with Crippen molar-refractivity contribution in [1.82, 2.24) is 5.32 Å². The number of nitrogens with one attached hydrogen (secondary N) is 1. The Morgan fingerprint density at radius 3 is 2.10 bits per heavy atom. The first-order valence-corrected chi connectivity index (χ1v) is 4.54. The van der Waals surface area contributed by atoms with Crippen LogP contribution in [0.4, 0.5) is 0 Å². The normalized spacial score (nSPS) is 31.2. The average molecular weight is 141 g/mol. The highest BCUT2D eigenvalue weighted by Gasteiger charge is 2.32. The van der Waals surface area contributed by atoms with Crippen LogP contribution in [0.15, 0.2) is 0 Å². The third-order valence-corrected chi connectivity index (χ3v) is 2.71. The van der Waals surface area contributed by atoms with E-state index in [1.807, 2.05) is 0 Å². The van der Waals surface area contributed by atoms with Crippen LogP contribution in [-0.2, 0) is 0 Å². The monoisotopic (exact) mass is 141 g/mol. The molecule has 0 aliphatic carbocycles. The molecular weight excluding hydrogens is 122 g/mol. The Bertz CT molecular complexity index is 96.9. The Kier molecular flexibility index (Phi) is 2.72. The quantitative estimate of drug-likeness (QED) is 0.595. The second-order valence-corrected chi connectivity index (χ2v) is 3.48. The maximum Gasteiger partial charge on any atom is 0.0224 e. The molecule has 1 aliphatic heterocycles. The smallest absolute Gasteiger partial charge is 0.0224 e. The first kappa shape index (κ1) is 8.06. The lowest BCUT2D eigenvalue weighted by Crippen LogP contribution is -2.03. The first-order chi connectivity index (χ1) is 4.77. The van der Waals surface area contributed by atoms with Crippen molar-refractivity contribution in [3.8, 4) is 0 Å². The summed E-state index contributed by atoms with van der Waals surface area (Å²) in [7, 11) is 0. The molecule has 1 saturated heterocycles. The predicted molar refractivity (Wildman–Crippen MR) is 45.1 cm³/mol. The van der Waals surface area contributed by atoms with Gasteiger partial charge in [-0.15, -0.1) is 0 Å². The zero-order chi connectivity index (χ0) is 7.56. The van der Waals surface area contributed by atoms with Crippen LogP contribution in [0.3, 0.4) is 0 Å². The van der Waals surface area contributed by atoms with Crippen molar-refractivity contribution >= 4 is 0 Å². The van der Waals surface area contributed by atoms with Gasteiger partial charge in [0.1, 0.15) is 0 Å². The van der Waals surface area contributed by atoms with E-state index in [-0.39, 0.29) is 0 Å². The Morgan fingerprint density at radius 1 is 1.30 bits per heavy atom. The standard InChI is InChI=1S/C9H19N/c1-4-8(5-2)6-9-7(3)10-9/h7-10H,4-6H2,1-3H3. The molecule has 10 heavy (non-hydrogen) atoms. The van der Waals surface area contributed by atoms with Crippen LogP contribution in [0, 0.1) is 5.92 Å². The fraction of sp³-hybridized carbons (Fsp3) is 1.00. The molecule has 1 nitrogen and oxygen atoms in total. The van der Waals surface area contributed by atoms with Crippen molar-refractivity contribution in [2.24, 2.45) is 5.92 Å². The van der Waals surface area contributed by atoms with Crippen LogP contribution >= 0.6 is 0 Å². The number of hydrogen-bond donors (Lipinski definition) is 1. The summed E-state index contributed by atoms with van der Waals surface area (Å²) in [4.78, 5) is 0. The second kappa shape index (κ2) is 3.38. The molecule has 0 saturated carbocycles. The minimum atomic E-state index is 0.806. The van der Waals surface area contributed by atoms with Gasteiger partial charge in [0.05, 0.1) is 0 Å². The zero-order valence-electron chi connectivity index (χ0n) is 7.35. The predicted octanol–water partition coefficient (Wildman–Crippen LogP) is 2.17. The van der Waals surface area contributed by atoms with E-state index in [9.17, 15) is 0 Å². The molecule has 1 fully saturated rings. The lowest BCUT2D eigenvalue weighted by molar-refractivity contribution is 0.450. The highest BCUT2D eigenvalue weighted by atomic mass is 15.1. The molecule has 0 aromatic rings. The molecule has 0 radical (unpaired) electrons. The van der Waals surface area contributed by atoms with E-state index < -0.39 is 0 Å². The summed E-state index contributed by atoms with van der Waals surface area (Å²) in [6, 6.07) is 1.66. The Morgan fingerprint density at radius 2 is 1.80 bits per heavy atom. The van der Waals surface area contributed by atoms with Crippen molar-refractivity contribution in [1.29, 1.82) is 0 Å². The van der Waals surface area contributed by atoms with Crippen LogP contribution in [0.25, 0.3) is 0 Å². The van der Waals surface area contributed by atoms with Gasteiger partial charge in [-0.25, -0.2) is 0 Å². The summed E-state index contributed by atoms with van der Waals surface area (Å²) in [6.45, 7) is 6.86. The summed E-state index contributed by atoms with van der Waals surface area (Å²) in [5.41, 5.74) is 0. The van der Waals surface area contributed by atoms with Crippen LogP contribution < -0.4 is 5.32 Å². The molecule has 0 bridgehead atoms. The van der Waals surface area contributed by atoms with Crippen LogP contribution in [0.2, 0.25) is 0 Å². The van der Waals surface area contributed by atoms with E-state index in [0.717, 1.165) is 18.0 Å². The average Bonchev–Trinajstić information content (AvgIpc) is 2.62. The molecule has 1 heteroatoms. The second-order valence-electron chi connectivity index (χ2n) is 3.48. The maximum atomic E-state index is 3.43. The van der Waals surface area contributed by atoms with Crippen molar-refractivity contribution in [2.75, 3.05) is 0 Å². The number of hydrogen-bond acceptors (Lipinski definition) is 1. The summed E-state index contributed by atoms with van der Waals surface area (Å²) in [5, 5.41) is 3.43. The van der Waals surface area contributed by atoms with E-state index in [2.05, 4.69) is 26.1 Å². The Balaban J connectivity index is 2.10. The molecule has 2 atom stereocenters. The maximum absolute atomic E-state index is 3.43. The van der Waals surface area contributed by atoms with Gasteiger partial charge in [0, 0.05) is 12.1 Å². The molecule has 2 unspecified atom stereocenters. The van der Waals surface area contributed by atoms with Crippen molar-refractivity contribution in [3.05, 3.63) is 0 Å². The fourth-order valence-corrected chi connectivity index (χ4v) is 1.54. The highest BCUT2D eigenvalue weighted by Crippen LogP contribution is 2.23. The van der Waals surface area contributed by atoms with Crippen molar-refractivity contribution in [3.63, 3.8) is 0 Å². The van der Waals surface area contributed by atoms with Gasteiger partial charge in [0.15, 0.2) is 0 Å². The molecule has 1 heterocycles. The molecule has 0 spiro atoms. The van der Waals surface area contributed by atoms with Gasteiger partial charge in [0.2, 0.25) is 0 Å². The van der Waals surface area contributed by atoms with Crippen molar-refractivity contribution in [2.45, 2.75) is 52.1 Å². The van der Waals surface area contributed by atoms with E-state index in [0.29, 0.717) is 0 Å². The first-order valence-electron chi connectivity index (χ1n) is 4.54. The Labute approximate surface area is 64.2 Å². The topological polar surface area (TPSA) is 21.9 Å². The van der Waals surface area contributed by atoms with E-state index in [1.54, 1.807) is 0 Å². The highest BCUT2D eigenvalue weighted by molar-refractivity contribution is 4.94. The summed E-state index contributed by atoms with van der Waals surface area (Å²) < 4.78 is 0. The molecule has 1 rings (SSSR count). The van der Waals surface area contributed by atoms with Gasteiger partial charge in [-0.2, -0.15) is 0 Å². The molecular formula is C9H19N. The van der Waals surface area contributed by atoms with Gasteiger partial charge in [0.25, 0.3) is 0 Å². The molecule has 0 aromatic carbocycles. The van der Waals surface area contributed by atoms with Crippen LogP contribution in [0.5, 0.6) is 0 Å². The number of rotatable bonds is 4. The third kappa shape index (κ3) is 1.98. The van der Waals surface area contributed by atoms with E-state index >= 15 is 0 Å². The minimum absolute atomic E-state index is 0.806. The molecule has 1 N–H and O–H groups in total. The summed E-state index contributed by atoms with van der Waals surface area (Å²) in [5.74, 6) is 0.961. The van der Waals surface area contributed by atoms with E-state index in [1.165, 1.54) is 19.3 Å². The van der Waals surface area contributed by atoms with Crippen LogP contribution in [-0.4, -0.2) is 12.1 Å². The lowest BCUT2D eigenvalue weighted by atomic mass is 9.97. The van der Waals surface area contributed by atoms with Gasteiger partial charge >= 0.3 is 0 Å². The fourth-order valence-electron chi connectivity index (χ4n) is 1.54. The summed E-state index contributed by atoms with van der Waals surface area (Å²) in [6.07, 6.45) is 4.09.